The molecule has 0 bridgehead atoms. The summed E-state index contributed by atoms with van der Waals surface area (Å²) in [4.78, 5) is 24.2. The second-order valence-electron chi connectivity index (χ2n) is 9.27. The second-order valence-corrected chi connectivity index (χ2v) is 9.27. The van der Waals surface area contributed by atoms with E-state index in [-0.39, 0.29) is 11.3 Å². The predicted octanol–water partition coefficient (Wildman–Crippen LogP) is 4.43. The molecular weight excluding hydrogens is 416 g/mol. The number of piperidine rings is 1. The maximum atomic E-state index is 13.2. The maximum Gasteiger partial charge on any atom is 0.259 e. The largest absolute Gasteiger partial charge is 0.494 e. The standard InChI is InChI=1S/C26H30N4O3/c1-2-32-22-10-8-19(9-11-22)15-23(31)30-14-4-12-26(18-30,16-20-6-7-20)25-28-24(33-29-25)21-5-3-13-27-17-21/h3,5,8-11,13,17,20H,2,4,6-7,12,14-16,18H2,1H3. The summed E-state index contributed by atoms with van der Waals surface area (Å²) in [5.41, 5.74) is 1.56. The summed E-state index contributed by atoms with van der Waals surface area (Å²) in [6.07, 6.45) is 9.26. The molecule has 33 heavy (non-hydrogen) atoms. The van der Waals surface area contributed by atoms with E-state index in [2.05, 4.69) is 10.1 Å². The summed E-state index contributed by atoms with van der Waals surface area (Å²) in [5.74, 6) is 2.89. The predicted molar refractivity (Wildman–Crippen MR) is 124 cm³/mol. The van der Waals surface area contributed by atoms with Gasteiger partial charge in [0.15, 0.2) is 5.82 Å². The summed E-state index contributed by atoms with van der Waals surface area (Å²) < 4.78 is 11.2. The van der Waals surface area contributed by atoms with Crippen LogP contribution in [-0.2, 0) is 16.6 Å². The molecule has 1 aromatic carbocycles. The molecule has 1 amide bonds. The van der Waals surface area contributed by atoms with Crippen molar-refractivity contribution in [1.82, 2.24) is 20.0 Å². The third kappa shape index (κ3) is 4.92. The quantitative estimate of drug-likeness (QED) is 0.509. The van der Waals surface area contributed by atoms with Gasteiger partial charge in [0.05, 0.1) is 24.0 Å². The second kappa shape index (κ2) is 9.33. The molecule has 2 aliphatic rings. The van der Waals surface area contributed by atoms with Gasteiger partial charge >= 0.3 is 0 Å². The van der Waals surface area contributed by atoms with Crippen LogP contribution in [0.3, 0.4) is 0 Å². The Hall–Kier alpha value is -3.22. The summed E-state index contributed by atoms with van der Waals surface area (Å²) >= 11 is 0. The number of pyridine rings is 1. The number of ether oxygens (including phenoxy) is 1. The molecule has 0 radical (unpaired) electrons. The molecule has 1 atom stereocenters. The molecule has 5 rings (SSSR count). The maximum absolute atomic E-state index is 13.2. The Morgan fingerprint density at radius 3 is 2.82 bits per heavy atom. The van der Waals surface area contributed by atoms with Crippen molar-refractivity contribution in [3.63, 3.8) is 0 Å². The van der Waals surface area contributed by atoms with Crippen LogP contribution in [0.25, 0.3) is 11.5 Å². The van der Waals surface area contributed by atoms with Crippen LogP contribution in [0.15, 0.2) is 53.3 Å². The third-order valence-corrected chi connectivity index (χ3v) is 6.70. The monoisotopic (exact) mass is 446 g/mol. The molecule has 172 valence electrons. The first kappa shape index (κ1) is 21.6. The van der Waals surface area contributed by atoms with Gasteiger partial charge in [-0.1, -0.05) is 30.1 Å². The molecule has 0 N–H and O–H groups in total. The molecule has 7 nitrogen and oxygen atoms in total. The Balaban J connectivity index is 1.34. The fraction of sp³-hybridized carbons (Fsp3) is 0.462. The van der Waals surface area contributed by atoms with Crippen LogP contribution in [0, 0.1) is 5.92 Å². The van der Waals surface area contributed by atoms with Crippen molar-refractivity contribution in [2.24, 2.45) is 5.92 Å². The number of aromatic nitrogens is 3. The first-order valence-electron chi connectivity index (χ1n) is 11.9. The SMILES string of the molecule is CCOc1ccc(CC(=O)N2CCCC(CC3CC3)(c3noc(-c4cccnc4)n3)C2)cc1. The van der Waals surface area contributed by atoms with Gasteiger partial charge in [0, 0.05) is 25.5 Å². The molecular formula is C26H30N4O3. The highest BCUT2D eigenvalue weighted by molar-refractivity contribution is 5.79. The minimum atomic E-state index is -0.252. The van der Waals surface area contributed by atoms with Crippen LogP contribution in [0.2, 0.25) is 0 Å². The average Bonchev–Trinajstić information content (AvgIpc) is 3.51. The van der Waals surface area contributed by atoms with E-state index < -0.39 is 0 Å². The molecule has 2 aromatic heterocycles. The van der Waals surface area contributed by atoms with Crippen molar-refractivity contribution >= 4 is 5.91 Å². The van der Waals surface area contributed by atoms with Crippen LogP contribution in [0.1, 0.15) is 50.4 Å². The van der Waals surface area contributed by atoms with Gasteiger partial charge in [0.1, 0.15) is 5.75 Å². The van der Waals surface area contributed by atoms with E-state index in [4.69, 9.17) is 14.2 Å². The van der Waals surface area contributed by atoms with E-state index >= 15 is 0 Å². The third-order valence-electron chi connectivity index (χ3n) is 6.70. The van der Waals surface area contributed by atoms with Gasteiger partial charge in [-0.05, 0) is 61.9 Å². The number of hydrogen-bond donors (Lipinski definition) is 0. The first-order chi connectivity index (χ1) is 16.1. The van der Waals surface area contributed by atoms with Gasteiger partial charge < -0.3 is 14.2 Å². The van der Waals surface area contributed by atoms with Crippen LogP contribution >= 0.6 is 0 Å². The van der Waals surface area contributed by atoms with Crippen molar-refractivity contribution in [3.8, 4) is 17.2 Å². The normalized spacial score (nSPS) is 20.6. The zero-order chi connectivity index (χ0) is 22.7. The fourth-order valence-electron chi connectivity index (χ4n) is 4.86. The Kier molecular flexibility index (Phi) is 6.11. The van der Waals surface area contributed by atoms with E-state index in [1.807, 2.05) is 48.2 Å². The van der Waals surface area contributed by atoms with Crippen LogP contribution < -0.4 is 4.74 Å². The lowest BCUT2D eigenvalue weighted by Gasteiger charge is -2.41. The Morgan fingerprint density at radius 1 is 1.24 bits per heavy atom. The van der Waals surface area contributed by atoms with Crippen LogP contribution in [0.4, 0.5) is 0 Å². The molecule has 3 aromatic rings. The van der Waals surface area contributed by atoms with E-state index in [0.717, 1.165) is 48.5 Å². The molecule has 1 aliphatic carbocycles. The molecule has 0 spiro atoms. The topological polar surface area (TPSA) is 81.4 Å². The Labute approximate surface area is 194 Å². The minimum absolute atomic E-state index is 0.148. The van der Waals surface area contributed by atoms with Gasteiger partial charge in [-0.3, -0.25) is 9.78 Å². The lowest BCUT2D eigenvalue weighted by atomic mass is 9.74. The van der Waals surface area contributed by atoms with Gasteiger partial charge in [-0.2, -0.15) is 4.98 Å². The number of likely N-dealkylation sites (tertiary alicyclic amines) is 1. The van der Waals surface area contributed by atoms with Gasteiger partial charge in [-0.25, -0.2) is 0 Å². The van der Waals surface area contributed by atoms with Crippen molar-refractivity contribution in [2.75, 3.05) is 19.7 Å². The van der Waals surface area contributed by atoms with Gasteiger partial charge in [0.2, 0.25) is 5.91 Å². The van der Waals surface area contributed by atoms with E-state index in [1.54, 1.807) is 12.4 Å². The molecule has 1 saturated carbocycles. The van der Waals surface area contributed by atoms with E-state index in [0.29, 0.717) is 31.4 Å². The van der Waals surface area contributed by atoms with E-state index in [9.17, 15) is 4.79 Å². The highest BCUT2D eigenvalue weighted by Gasteiger charge is 2.45. The molecule has 3 heterocycles. The fourth-order valence-corrected chi connectivity index (χ4v) is 4.86. The van der Waals surface area contributed by atoms with Gasteiger partial charge in [0.25, 0.3) is 5.89 Å². The van der Waals surface area contributed by atoms with Crippen molar-refractivity contribution in [1.29, 1.82) is 0 Å². The van der Waals surface area contributed by atoms with Crippen LogP contribution in [-0.4, -0.2) is 45.6 Å². The number of benzene rings is 1. The Morgan fingerprint density at radius 2 is 2.09 bits per heavy atom. The smallest absolute Gasteiger partial charge is 0.259 e. The summed E-state index contributed by atoms with van der Waals surface area (Å²) in [6.45, 7) is 4.01. The summed E-state index contributed by atoms with van der Waals surface area (Å²) in [5, 5.41) is 4.41. The molecule has 1 aliphatic heterocycles. The highest BCUT2D eigenvalue weighted by atomic mass is 16.5. The van der Waals surface area contributed by atoms with Crippen molar-refractivity contribution in [3.05, 3.63) is 60.2 Å². The van der Waals surface area contributed by atoms with E-state index in [1.165, 1.54) is 12.8 Å². The molecule has 1 saturated heterocycles. The number of hydrogen-bond acceptors (Lipinski definition) is 6. The number of nitrogens with zero attached hydrogens (tertiary/aromatic N) is 4. The molecule has 7 heteroatoms. The first-order valence-corrected chi connectivity index (χ1v) is 11.9. The number of carbonyl (C=O) groups is 1. The number of carbonyl (C=O) groups excluding carboxylic acids is 1. The zero-order valence-corrected chi connectivity index (χ0v) is 19.1. The lowest BCUT2D eigenvalue weighted by molar-refractivity contribution is -0.133. The van der Waals surface area contributed by atoms with Gasteiger partial charge in [-0.15, -0.1) is 0 Å². The minimum Gasteiger partial charge on any atom is -0.494 e. The Bertz CT molecular complexity index is 1080. The highest BCUT2D eigenvalue weighted by Crippen LogP contribution is 2.46. The summed E-state index contributed by atoms with van der Waals surface area (Å²) in [6, 6.07) is 11.6. The van der Waals surface area contributed by atoms with Crippen LogP contribution in [0.5, 0.6) is 5.75 Å². The lowest BCUT2D eigenvalue weighted by Crippen LogP contribution is -2.49. The van der Waals surface area contributed by atoms with Crippen molar-refractivity contribution in [2.45, 2.75) is 50.9 Å². The number of rotatable bonds is 8. The van der Waals surface area contributed by atoms with Crippen molar-refractivity contribution < 1.29 is 14.1 Å². The molecule has 2 fully saturated rings. The molecule has 1 unspecified atom stereocenters. The summed E-state index contributed by atoms with van der Waals surface area (Å²) in [7, 11) is 0. The number of amides is 1. The zero-order valence-electron chi connectivity index (χ0n) is 19.1. The average molecular weight is 447 g/mol.